The number of ether oxygens (including phenoxy) is 4. The number of hydrogen-bond donors (Lipinski definition) is 3. The molecule has 3 saturated heterocycles. The van der Waals surface area contributed by atoms with E-state index in [1.165, 1.54) is 37.0 Å². The molecule has 3 aromatic heterocycles. The van der Waals surface area contributed by atoms with Crippen LogP contribution in [0.1, 0.15) is 104 Å². The Morgan fingerprint density at radius 1 is 0.759 bits per heavy atom. The Hall–Kier alpha value is -8.25. The van der Waals surface area contributed by atoms with Gasteiger partial charge >= 0.3 is 24.2 Å². The van der Waals surface area contributed by atoms with Crippen LogP contribution < -0.4 is 20.4 Å². The fourth-order valence-electron chi connectivity index (χ4n) is 9.11. The van der Waals surface area contributed by atoms with Crippen molar-refractivity contribution in [1.82, 2.24) is 81.1 Å². The van der Waals surface area contributed by atoms with E-state index >= 15 is 0 Å². The number of nitrogens with zero attached hydrogens (tertiary/aromatic N) is 16. The molecule has 83 heavy (non-hydrogen) atoms. The zero-order valence-electron chi connectivity index (χ0n) is 49.7. The number of nitrogens with one attached hydrogen (secondary N) is 2. The molecule has 452 valence electrons. The van der Waals surface area contributed by atoms with Crippen LogP contribution in [-0.4, -0.2) is 188 Å². The first-order valence-corrected chi connectivity index (χ1v) is 27.9. The number of tetrazole rings is 3. The van der Waals surface area contributed by atoms with Crippen molar-refractivity contribution in [2.24, 2.45) is 0 Å². The third-order valence-electron chi connectivity index (χ3n) is 13.0. The SMILES string of the molecule is C#CCO[C@H](C)[C@H](NC(=O)OCC=C)C(=O)O.CN(Cc1ccccc1)c1nnnn1C[C@@H]1CCCN1.CN(Cc1ccccc1)c1nnnn1C[C@@H]1CCCN1C(=O)OC(C)(C)C.Cc1nnnn1C[C@@H]1CCCN1C(=O)OC(C)(C)C. The summed E-state index contributed by atoms with van der Waals surface area (Å²) in [5, 5.41) is 50.2. The molecule has 2 aromatic carbocycles. The minimum absolute atomic E-state index is 0.00222. The van der Waals surface area contributed by atoms with Crippen molar-refractivity contribution >= 4 is 36.1 Å². The number of amides is 3. The Morgan fingerprint density at radius 2 is 1.24 bits per heavy atom. The van der Waals surface area contributed by atoms with Gasteiger partial charge in [-0.2, -0.15) is 0 Å². The number of aromatic nitrogens is 12. The lowest BCUT2D eigenvalue weighted by atomic mass is 10.2. The number of benzene rings is 2. The van der Waals surface area contributed by atoms with E-state index in [2.05, 4.69) is 116 Å². The van der Waals surface area contributed by atoms with Crippen molar-refractivity contribution in [3.63, 3.8) is 0 Å². The largest absolute Gasteiger partial charge is 0.480 e. The van der Waals surface area contributed by atoms with Crippen LogP contribution >= 0.6 is 0 Å². The number of carboxylic acids is 1. The van der Waals surface area contributed by atoms with Crippen LogP contribution in [0.5, 0.6) is 0 Å². The maximum Gasteiger partial charge on any atom is 0.410 e. The molecule has 0 saturated carbocycles. The first-order valence-electron chi connectivity index (χ1n) is 27.9. The number of terminal acetylenes is 1. The average molecular weight is 1150 g/mol. The molecule has 0 spiro atoms. The van der Waals surface area contributed by atoms with E-state index in [4.69, 9.17) is 25.7 Å². The van der Waals surface area contributed by atoms with Gasteiger partial charge in [-0.05, 0) is 143 Å². The molecule has 3 N–H and O–H groups in total. The molecular weight excluding hydrogens is 1070 g/mol. The third-order valence-corrected chi connectivity index (χ3v) is 13.0. The van der Waals surface area contributed by atoms with Crippen LogP contribution in [0, 0.1) is 19.3 Å². The van der Waals surface area contributed by atoms with E-state index in [1.807, 2.05) is 96.4 Å². The smallest absolute Gasteiger partial charge is 0.410 e. The van der Waals surface area contributed by atoms with Gasteiger partial charge in [-0.3, -0.25) is 0 Å². The quantitative estimate of drug-likeness (QED) is 0.0519. The fourth-order valence-corrected chi connectivity index (χ4v) is 9.11. The van der Waals surface area contributed by atoms with E-state index < -0.39 is 35.4 Å². The molecule has 5 aromatic rings. The predicted octanol–water partition coefficient (Wildman–Crippen LogP) is 5.54. The molecule has 0 aliphatic carbocycles. The number of carbonyl (C=O) groups excluding carboxylic acids is 3. The van der Waals surface area contributed by atoms with Gasteiger partial charge in [0.05, 0.1) is 37.8 Å². The summed E-state index contributed by atoms with van der Waals surface area (Å²) in [4.78, 5) is 54.4. The molecular formula is C56H84N18O9. The summed E-state index contributed by atoms with van der Waals surface area (Å²) in [6.45, 7) is 24.0. The van der Waals surface area contributed by atoms with Crippen LogP contribution in [0.2, 0.25) is 0 Å². The van der Waals surface area contributed by atoms with E-state index in [1.54, 1.807) is 19.2 Å². The van der Waals surface area contributed by atoms with Crippen LogP contribution in [0.4, 0.5) is 26.3 Å². The number of anilines is 2. The molecule has 0 radical (unpaired) electrons. The summed E-state index contributed by atoms with van der Waals surface area (Å²) in [6, 6.07) is 19.9. The summed E-state index contributed by atoms with van der Waals surface area (Å²) in [5.41, 5.74) is 1.48. The number of rotatable bonds is 19. The summed E-state index contributed by atoms with van der Waals surface area (Å²) in [6.07, 6.45) is 10.5. The van der Waals surface area contributed by atoms with Gasteiger partial charge in [-0.15, -0.1) is 11.5 Å². The Balaban J connectivity index is 0.000000206. The van der Waals surface area contributed by atoms with Crippen LogP contribution in [0.25, 0.3) is 0 Å². The molecule has 27 nitrogen and oxygen atoms in total. The minimum Gasteiger partial charge on any atom is -0.480 e. The number of likely N-dealkylation sites (tertiary alicyclic amines) is 2. The second-order valence-electron chi connectivity index (χ2n) is 22.2. The number of aliphatic carboxylic acids is 1. The molecule has 8 rings (SSSR count). The number of aryl methyl sites for hydroxylation is 1. The minimum atomic E-state index is -1.23. The fraction of sp³-hybridized carbons (Fsp3) is 0.589. The normalized spacial score (nSPS) is 17.2. The molecule has 5 atom stereocenters. The second kappa shape index (κ2) is 32.4. The molecule has 6 heterocycles. The topological polar surface area (TPSA) is 293 Å². The maximum atomic E-state index is 12.5. The lowest BCUT2D eigenvalue weighted by molar-refractivity contribution is -0.143. The van der Waals surface area contributed by atoms with Crippen LogP contribution in [0.15, 0.2) is 73.3 Å². The van der Waals surface area contributed by atoms with Crippen LogP contribution in [0.3, 0.4) is 0 Å². The molecule has 3 amide bonds. The first-order chi connectivity index (χ1) is 39.5. The standard InChI is InChI=1S/C19H28N6O2.C14H20N6.C12H21N5O2.C11H15NO5/c1-19(2,3)27-18(26)24-12-8-11-16(24)14-25-17(20-21-22-25)23(4)13-15-9-6-5-7-10-15;1-19(10-12-6-3-2-4-7-12)14-16-17-18-20(14)11-13-8-5-9-15-13;1-9-13-14-15-17(9)8-10-6-5-7-16(10)11(18)19-12(2,3)4;1-4-6-16-8(3)9(10(13)14)12-11(15)17-7-5-2/h5-7,9-10,16H,8,11-14H2,1-4H3;2-4,6-7,13,15H,5,8-11H2,1H3;10H,5-8H2,1-4H3;1,5,8-9H,2,6-7H2,3H3,(H,12,15)(H,13,14)/t16-;13-;10-;8-,9+/m0001/s1. The average Bonchev–Trinajstić information content (AvgIpc) is 4.54. The molecule has 3 fully saturated rings. The van der Waals surface area contributed by atoms with Gasteiger partial charge in [0.25, 0.3) is 0 Å². The van der Waals surface area contributed by atoms with Gasteiger partial charge in [-0.25, -0.2) is 33.2 Å². The van der Waals surface area contributed by atoms with E-state index in [0.29, 0.717) is 38.2 Å². The van der Waals surface area contributed by atoms with E-state index in [-0.39, 0.29) is 37.5 Å². The highest BCUT2D eigenvalue weighted by Crippen LogP contribution is 2.25. The number of carbonyl (C=O) groups is 4. The Bertz CT molecular complexity index is 2800. The predicted molar refractivity (Wildman–Crippen MR) is 309 cm³/mol. The van der Waals surface area contributed by atoms with E-state index in [9.17, 15) is 19.2 Å². The van der Waals surface area contributed by atoms with Crippen molar-refractivity contribution in [2.45, 2.75) is 168 Å². The van der Waals surface area contributed by atoms with Gasteiger partial charge in [0.1, 0.15) is 30.2 Å². The van der Waals surface area contributed by atoms with Crippen molar-refractivity contribution < 1.29 is 43.2 Å². The molecule has 27 heteroatoms. The Morgan fingerprint density at radius 3 is 1.67 bits per heavy atom. The van der Waals surface area contributed by atoms with Gasteiger partial charge < -0.3 is 54.3 Å². The van der Waals surface area contributed by atoms with Crippen LogP contribution in [-0.2, 0) is 56.5 Å². The zero-order valence-corrected chi connectivity index (χ0v) is 49.7. The van der Waals surface area contributed by atoms with Gasteiger partial charge in [0, 0.05) is 46.3 Å². The van der Waals surface area contributed by atoms with E-state index in [0.717, 1.165) is 63.6 Å². The maximum absolute atomic E-state index is 12.5. The summed E-state index contributed by atoms with van der Waals surface area (Å²) >= 11 is 0. The van der Waals surface area contributed by atoms with Crippen molar-refractivity contribution in [3.05, 3.63) is 90.3 Å². The lowest BCUT2D eigenvalue weighted by Crippen LogP contribution is -2.48. The number of alkyl carbamates (subject to hydrolysis) is 1. The van der Waals surface area contributed by atoms with Crippen molar-refractivity contribution in [3.8, 4) is 12.3 Å². The molecule has 0 bridgehead atoms. The van der Waals surface area contributed by atoms with Crippen molar-refractivity contribution in [1.29, 1.82) is 0 Å². The molecule has 0 unspecified atom stereocenters. The molecule has 3 aliphatic rings. The summed E-state index contributed by atoms with van der Waals surface area (Å²) < 4.78 is 26.0. The third kappa shape index (κ3) is 22.2. The lowest BCUT2D eigenvalue weighted by Gasteiger charge is -2.29. The zero-order chi connectivity index (χ0) is 60.5. The van der Waals surface area contributed by atoms with Gasteiger partial charge in [0.2, 0.25) is 11.9 Å². The highest BCUT2D eigenvalue weighted by Gasteiger charge is 2.35. The second-order valence-corrected chi connectivity index (χ2v) is 22.2. The summed E-state index contributed by atoms with van der Waals surface area (Å²) in [5.74, 6) is 3.25. The summed E-state index contributed by atoms with van der Waals surface area (Å²) in [7, 11) is 3.99. The highest BCUT2D eigenvalue weighted by atomic mass is 16.6. The van der Waals surface area contributed by atoms with Gasteiger partial charge in [0.15, 0.2) is 6.04 Å². The highest BCUT2D eigenvalue weighted by molar-refractivity contribution is 5.80. The number of carboxylic acid groups (broad SMARTS) is 1. The van der Waals surface area contributed by atoms with Gasteiger partial charge in [-0.1, -0.05) is 89.4 Å². The monoisotopic (exact) mass is 1150 g/mol. The number of hydrogen-bond acceptors (Lipinski definition) is 20. The molecule has 3 aliphatic heterocycles. The van der Waals surface area contributed by atoms with Crippen molar-refractivity contribution in [2.75, 3.05) is 56.7 Å². The Labute approximate surface area is 486 Å². The Kier molecular flexibility index (Phi) is 25.6. The first kappa shape index (κ1) is 65.6.